The number of aryl methyl sites for hydroxylation is 3. The fraction of sp³-hybridized carbons (Fsp3) is 0.375. The number of aromatic nitrogens is 1. The summed E-state index contributed by atoms with van der Waals surface area (Å²) in [6, 6.07) is 3.58. The summed E-state index contributed by atoms with van der Waals surface area (Å²) < 4.78 is 38.6. The summed E-state index contributed by atoms with van der Waals surface area (Å²) in [7, 11) is 1.87. The van der Waals surface area contributed by atoms with E-state index in [1.165, 1.54) is 0 Å². The van der Waals surface area contributed by atoms with Crippen LogP contribution >= 0.6 is 0 Å². The van der Waals surface area contributed by atoms with Gasteiger partial charge in [0, 0.05) is 23.8 Å². The Kier molecular flexibility index (Phi) is 4.24. The number of fused-ring (bicyclic) bond motifs is 1. The molecule has 7 heteroatoms. The fourth-order valence-corrected chi connectivity index (χ4v) is 2.48. The van der Waals surface area contributed by atoms with Crippen LogP contribution in [0.2, 0.25) is 0 Å². The molecule has 0 unspecified atom stereocenters. The molecule has 0 atom stereocenters. The lowest BCUT2D eigenvalue weighted by Crippen LogP contribution is -2.28. The third-order valence-corrected chi connectivity index (χ3v) is 4.07. The zero-order valence-corrected chi connectivity index (χ0v) is 13.3. The molecule has 2 rings (SSSR count). The molecule has 2 aromatic rings. The van der Waals surface area contributed by atoms with Gasteiger partial charge >= 0.3 is 6.18 Å². The Balaban J connectivity index is 2.30. The van der Waals surface area contributed by atoms with E-state index in [1.807, 2.05) is 31.5 Å². The van der Waals surface area contributed by atoms with Gasteiger partial charge in [-0.15, -0.1) is 0 Å². The van der Waals surface area contributed by atoms with Crippen molar-refractivity contribution in [3.63, 3.8) is 0 Å². The number of hydrogen-bond acceptors (Lipinski definition) is 2. The van der Waals surface area contributed by atoms with E-state index in [0.29, 0.717) is 5.69 Å². The van der Waals surface area contributed by atoms with E-state index < -0.39 is 24.3 Å². The Morgan fingerprint density at radius 2 is 1.78 bits per heavy atom. The van der Waals surface area contributed by atoms with Crippen LogP contribution in [0.25, 0.3) is 10.9 Å². The standard InChI is InChI=1S/C16H17F3N2O2/c1-8-5-11-9(2)10(3)21(4)13(11)6-12(8)20-15(23)7-14(22)16(17,18)19/h5-6H,7H2,1-4H3,(H,20,23). The number of carbonyl (C=O) groups is 2. The van der Waals surface area contributed by atoms with Crippen LogP contribution in [-0.2, 0) is 16.6 Å². The molecule has 4 nitrogen and oxygen atoms in total. The number of hydrogen-bond donors (Lipinski definition) is 1. The number of rotatable bonds is 3. The lowest BCUT2D eigenvalue weighted by atomic mass is 10.1. The van der Waals surface area contributed by atoms with Crippen LogP contribution in [0, 0.1) is 20.8 Å². The molecule has 0 aliphatic carbocycles. The summed E-state index contributed by atoms with van der Waals surface area (Å²) in [5.41, 5.74) is 4.16. The highest BCUT2D eigenvalue weighted by Crippen LogP contribution is 2.29. The minimum Gasteiger partial charge on any atom is -0.348 e. The third kappa shape index (κ3) is 3.23. The average molecular weight is 326 g/mol. The minimum atomic E-state index is -5.00. The van der Waals surface area contributed by atoms with Crippen LogP contribution in [0.1, 0.15) is 23.2 Å². The Bertz CT molecular complexity index is 804. The molecule has 0 aliphatic heterocycles. The molecule has 124 valence electrons. The van der Waals surface area contributed by atoms with Crippen molar-refractivity contribution in [2.45, 2.75) is 33.4 Å². The molecule has 0 saturated heterocycles. The monoisotopic (exact) mass is 326 g/mol. The van der Waals surface area contributed by atoms with E-state index in [9.17, 15) is 22.8 Å². The van der Waals surface area contributed by atoms with Crippen molar-refractivity contribution >= 4 is 28.3 Å². The van der Waals surface area contributed by atoms with Gasteiger partial charge in [0.15, 0.2) is 0 Å². The number of carbonyl (C=O) groups excluding carboxylic acids is 2. The van der Waals surface area contributed by atoms with E-state index >= 15 is 0 Å². The van der Waals surface area contributed by atoms with Crippen molar-refractivity contribution in [3.8, 4) is 0 Å². The van der Waals surface area contributed by atoms with Crippen molar-refractivity contribution in [2.24, 2.45) is 7.05 Å². The van der Waals surface area contributed by atoms with Gasteiger partial charge in [0.05, 0.1) is 11.9 Å². The van der Waals surface area contributed by atoms with Crippen molar-refractivity contribution in [1.82, 2.24) is 4.57 Å². The minimum absolute atomic E-state index is 0.401. The summed E-state index contributed by atoms with van der Waals surface area (Å²) in [6.07, 6.45) is -6.21. The summed E-state index contributed by atoms with van der Waals surface area (Å²) >= 11 is 0. The zero-order chi connectivity index (χ0) is 17.5. The SMILES string of the molecule is Cc1cc2c(C)c(C)n(C)c2cc1NC(=O)CC(=O)C(F)(F)F. The quantitative estimate of drug-likeness (QED) is 0.877. The van der Waals surface area contributed by atoms with Gasteiger partial charge in [-0.3, -0.25) is 9.59 Å². The number of amides is 1. The van der Waals surface area contributed by atoms with Crippen LogP contribution in [-0.4, -0.2) is 22.4 Å². The number of anilines is 1. The molecule has 0 aliphatic rings. The number of halogens is 3. The summed E-state index contributed by atoms with van der Waals surface area (Å²) in [6.45, 7) is 5.70. The van der Waals surface area contributed by atoms with Crippen molar-refractivity contribution in [3.05, 3.63) is 29.0 Å². The molecule has 23 heavy (non-hydrogen) atoms. The van der Waals surface area contributed by atoms with Crippen LogP contribution in [0.4, 0.5) is 18.9 Å². The molecule has 0 bridgehead atoms. The first-order valence-corrected chi connectivity index (χ1v) is 6.98. The van der Waals surface area contributed by atoms with E-state index in [-0.39, 0.29) is 0 Å². The summed E-state index contributed by atoms with van der Waals surface area (Å²) in [5, 5.41) is 3.41. The topological polar surface area (TPSA) is 51.1 Å². The van der Waals surface area contributed by atoms with Gasteiger partial charge in [-0.1, -0.05) is 0 Å². The van der Waals surface area contributed by atoms with Gasteiger partial charge in [-0.05, 0) is 44.0 Å². The highest BCUT2D eigenvalue weighted by Gasteiger charge is 2.39. The Morgan fingerprint density at radius 1 is 1.17 bits per heavy atom. The first-order chi connectivity index (χ1) is 10.5. The lowest BCUT2D eigenvalue weighted by Gasteiger charge is -2.10. The maximum absolute atomic E-state index is 12.2. The predicted molar refractivity (Wildman–Crippen MR) is 81.4 cm³/mol. The molecule has 1 N–H and O–H groups in total. The van der Waals surface area contributed by atoms with Gasteiger partial charge in [-0.2, -0.15) is 13.2 Å². The number of nitrogens with zero attached hydrogens (tertiary/aromatic N) is 1. The van der Waals surface area contributed by atoms with Crippen LogP contribution < -0.4 is 5.32 Å². The number of nitrogens with one attached hydrogen (secondary N) is 1. The van der Waals surface area contributed by atoms with Gasteiger partial charge in [0.2, 0.25) is 11.7 Å². The second-order valence-electron chi connectivity index (χ2n) is 5.60. The Labute approximate surface area is 131 Å². The van der Waals surface area contributed by atoms with E-state index in [0.717, 1.165) is 27.7 Å². The molecular weight excluding hydrogens is 309 g/mol. The third-order valence-electron chi connectivity index (χ3n) is 4.07. The summed E-state index contributed by atoms with van der Waals surface area (Å²) in [5.74, 6) is -3.03. The largest absolute Gasteiger partial charge is 0.450 e. The maximum Gasteiger partial charge on any atom is 0.450 e. The van der Waals surface area contributed by atoms with Crippen molar-refractivity contribution in [1.29, 1.82) is 0 Å². The highest BCUT2D eigenvalue weighted by atomic mass is 19.4. The van der Waals surface area contributed by atoms with Crippen LogP contribution in [0.15, 0.2) is 12.1 Å². The van der Waals surface area contributed by atoms with E-state index in [2.05, 4.69) is 5.32 Å². The maximum atomic E-state index is 12.2. The van der Waals surface area contributed by atoms with Gasteiger partial charge in [0.1, 0.15) is 0 Å². The molecule has 0 spiro atoms. The van der Waals surface area contributed by atoms with Gasteiger partial charge in [-0.25, -0.2) is 0 Å². The first-order valence-electron chi connectivity index (χ1n) is 6.98. The molecule has 0 fully saturated rings. The molecule has 0 radical (unpaired) electrons. The Hall–Kier alpha value is -2.31. The second-order valence-corrected chi connectivity index (χ2v) is 5.60. The Morgan fingerprint density at radius 3 is 2.35 bits per heavy atom. The molecule has 1 amide bonds. The second kappa shape index (κ2) is 5.72. The van der Waals surface area contributed by atoms with Gasteiger partial charge in [0.25, 0.3) is 0 Å². The summed E-state index contributed by atoms with van der Waals surface area (Å²) in [4.78, 5) is 22.6. The molecule has 1 heterocycles. The predicted octanol–water partition coefficient (Wildman–Crippen LogP) is 3.56. The van der Waals surface area contributed by atoms with Crippen molar-refractivity contribution in [2.75, 3.05) is 5.32 Å². The number of ketones is 1. The molecule has 0 saturated carbocycles. The first kappa shape index (κ1) is 17.1. The van der Waals surface area contributed by atoms with Crippen LogP contribution in [0.5, 0.6) is 0 Å². The highest BCUT2D eigenvalue weighted by molar-refractivity contribution is 6.07. The number of Topliss-reactive ketones (excluding diaryl/α,β-unsaturated/α-hetero) is 1. The van der Waals surface area contributed by atoms with Gasteiger partial charge < -0.3 is 9.88 Å². The number of benzene rings is 1. The molecule has 1 aromatic heterocycles. The fourth-order valence-electron chi connectivity index (χ4n) is 2.48. The number of alkyl halides is 3. The zero-order valence-electron chi connectivity index (χ0n) is 13.3. The van der Waals surface area contributed by atoms with E-state index in [4.69, 9.17) is 0 Å². The molecule has 1 aromatic carbocycles. The smallest absolute Gasteiger partial charge is 0.348 e. The average Bonchev–Trinajstić information content (AvgIpc) is 2.63. The normalized spacial score (nSPS) is 11.8. The lowest BCUT2D eigenvalue weighted by molar-refractivity contribution is -0.171. The van der Waals surface area contributed by atoms with Crippen molar-refractivity contribution < 1.29 is 22.8 Å². The van der Waals surface area contributed by atoms with E-state index in [1.54, 1.807) is 13.0 Å². The van der Waals surface area contributed by atoms with Crippen LogP contribution in [0.3, 0.4) is 0 Å². The molecular formula is C16H17F3N2O2.